The number of hydrogen-bond donors (Lipinski definition) is 1. The van der Waals surface area contributed by atoms with E-state index in [1.807, 2.05) is 38.8 Å². The number of likely N-dealkylation sites (N-methyl/N-ethyl adjacent to an activating group) is 1. The zero-order valence-corrected chi connectivity index (χ0v) is 11.2. The fraction of sp³-hybridized carbons (Fsp3) is 0.429. The van der Waals surface area contributed by atoms with E-state index in [2.05, 4.69) is 32.8 Å². The van der Waals surface area contributed by atoms with Crippen molar-refractivity contribution in [2.75, 3.05) is 7.05 Å². The minimum Gasteiger partial charge on any atom is -0.338 e. The molecule has 4 nitrogen and oxygen atoms in total. The second-order valence-electron chi connectivity index (χ2n) is 4.40. The van der Waals surface area contributed by atoms with Gasteiger partial charge in [0.1, 0.15) is 5.82 Å². The smallest absolute Gasteiger partial charge is 0.110 e. The van der Waals surface area contributed by atoms with Crippen molar-refractivity contribution in [2.24, 2.45) is 7.05 Å². The Morgan fingerprint density at radius 1 is 1.33 bits per heavy atom. The van der Waals surface area contributed by atoms with E-state index in [4.69, 9.17) is 0 Å². The van der Waals surface area contributed by atoms with Crippen LogP contribution in [0.25, 0.3) is 0 Å². The lowest BCUT2D eigenvalue weighted by atomic mass is 10.0. The van der Waals surface area contributed by atoms with Crippen LogP contribution in [0.15, 0.2) is 30.7 Å². The molecule has 0 saturated carbocycles. The Hall–Kier alpha value is -1.68. The predicted molar refractivity (Wildman–Crippen MR) is 72.3 cm³/mol. The van der Waals surface area contributed by atoms with Gasteiger partial charge in [-0.1, -0.05) is 13.0 Å². The molecule has 0 aromatic carbocycles. The van der Waals surface area contributed by atoms with Crippen molar-refractivity contribution in [2.45, 2.75) is 25.8 Å². The lowest BCUT2D eigenvalue weighted by Gasteiger charge is -2.18. The van der Waals surface area contributed by atoms with Crippen LogP contribution in [-0.2, 0) is 19.9 Å². The van der Waals surface area contributed by atoms with Crippen molar-refractivity contribution in [3.8, 4) is 0 Å². The Balaban J connectivity index is 2.25. The largest absolute Gasteiger partial charge is 0.338 e. The first-order valence-corrected chi connectivity index (χ1v) is 6.33. The standard InChI is InChI=1S/C14H20N4/c1-4-11-6-5-7-17-14(11)12(15-2)10-13-16-8-9-18(13)3/h5-9,12,15H,4,10H2,1-3H3. The maximum atomic E-state index is 4.53. The Morgan fingerprint density at radius 2 is 2.17 bits per heavy atom. The van der Waals surface area contributed by atoms with Crippen molar-refractivity contribution < 1.29 is 0 Å². The van der Waals surface area contributed by atoms with Gasteiger partial charge in [0, 0.05) is 32.1 Å². The number of rotatable bonds is 5. The third-order valence-electron chi connectivity index (χ3n) is 3.29. The molecule has 0 saturated heterocycles. The maximum absolute atomic E-state index is 4.53. The molecule has 0 aliphatic carbocycles. The van der Waals surface area contributed by atoms with Crippen LogP contribution in [0.2, 0.25) is 0 Å². The van der Waals surface area contributed by atoms with Crippen molar-refractivity contribution in [3.05, 3.63) is 47.8 Å². The highest BCUT2D eigenvalue weighted by Gasteiger charge is 2.16. The molecule has 18 heavy (non-hydrogen) atoms. The molecule has 0 fully saturated rings. The number of imidazole rings is 1. The summed E-state index contributed by atoms with van der Waals surface area (Å²) in [5, 5.41) is 3.34. The zero-order valence-electron chi connectivity index (χ0n) is 11.2. The summed E-state index contributed by atoms with van der Waals surface area (Å²) in [5.74, 6) is 1.07. The Labute approximate surface area is 108 Å². The molecular formula is C14H20N4. The van der Waals surface area contributed by atoms with E-state index in [1.165, 1.54) is 5.56 Å². The zero-order chi connectivity index (χ0) is 13.0. The molecule has 0 bridgehead atoms. The summed E-state index contributed by atoms with van der Waals surface area (Å²) < 4.78 is 2.05. The molecule has 2 heterocycles. The maximum Gasteiger partial charge on any atom is 0.110 e. The van der Waals surface area contributed by atoms with Gasteiger partial charge in [-0.05, 0) is 25.1 Å². The lowest BCUT2D eigenvalue weighted by Crippen LogP contribution is -2.22. The molecule has 96 valence electrons. The van der Waals surface area contributed by atoms with Gasteiger partial charge in [-0.25, -0.2) is 4.98 Å². The minimum absolute atomic E-state index is 0.210. The van der Waals surface area contributed by atoms with Gasteiger partial charge in [0.05, 0.1) is 11.7 Å². The Bertz CT molecular complexity index is 504. The van der Waals surface area contributed by atoms with Crippen LogP contribution in [0, 0.1) is 0 Å². The highest BCUT2D eigenvalue weighted by atomic mass is 15.0. The summed E-state index contributed by atoms with van der Waals surface area (Å²) in [5.41, 5.74) is 2.43. The first-order chi connectivity index (χ1) is 8.76. The van der Waals surface area contributed by atoms with E-state index in [0.717, 1.165) is 24.4 Å². The molecule has 1 atom stereocenters. The first kappa shape index (κ1) is 12.8. The van der Waals surface area contributed by atoms with Gasteiger partial charge in [-0.3, -0.25) is 4.98 Å². The van der Waals surface area contributed by atoms with Crippen LogP contribution in [0.3, 0.4) is 0 Å². The van der Waals surface area contributed by atoms with Crippen molar-refractivity contribution in [3.63, 3.8) is 0 Å². The molecule has 0 spiro atoms. The highest BCUT2D eigenvalue weighted by molar-refractivity contribution is 5.23. The molecule has 4 heteroatoms. The van der Waals surface area contributed by atoms with Gasteiger partial charge < -0.3 is 9.88 Å². The van der Waals surface area contributed by atoms with Crippen molar-refractivity contribution >= 4 is 0 Å². The fourth-order valence-electron chi connectivity index (χ4n) is 2.17. The topological polar surface area (TPSA) is 42.7 Å². The molecule has 1 unspecified atom stereocenters. The molecule has 0 aliphatic rings. The predicted octanol–water partition coefficient (Wildman–Crippen LogP) is 1.88. The van der Waals surface area contributed by atoms with Gasteiger partial charge in [-0.15, -0.1) is 0 Å². The van der Waals surface area contributed by atoms with E-state index in [0.29, 0.717) is 0 Å². The number of nitrogens with one attached hydrogen (secondary N) is 1. The summed E-state index contributed by atoms with van der Waals surface area (Å²) in [4.78, 5) is 8.91. The summed E-state index contributed by atoms with van der Waals surface area (Å²) in [6, 6.07) is 4.35. The number of aryl methyl sites for hydroxylation is 2. The number of hydrogen-bond acceptors (Lipinski definition) is 3. The van der Waals surface area contributed by atoms with Crippen molar-refractivity contribution in [1.82, 2.24) is 19.9 Å². The average Bonchev–Trinajstić information content (AvgIpc) is 2.81. The van der Waals surface area contributed by atoms with Gasteiger partial charge in [-0.2, -0.15) is 0 Å². The molecule has 2 aromatic heterocycles. The molecule has 1 N–H and O–H groups in total. The van der Waals surface area contributed by atoms with Crippen LogP contribution in [0.4, 0.5) is 0 Å². The van der Waals surface area contributed by atoms with E-state index in [-0.39, 0.29) is 6.04 Å². The second kappa shape index (κ2) is 5.78. The number of nitrogens with zero attached hydrogens (tertiary/aromatic N) is 3. The van der Waals surface area contributed by atoms with Crippen LogP contribution < -0.4 is 5.32 Å². The normalized spacial score (nSPS) is 12.6. The monoisotopic (exact) mass is 244 g/mol. The molecule has 0 radical (unpaired) electrons. The lowest BCUT2D eigenvalue weighted by molar-refractivity contribution is 0.545. The molecule has 0 aliphatic heterocycles. The highest BCUT2D eigenvalue weighted by Crippen LogP contribution is 2.19. The third kappa shape index (κ3) is 2.59. The van der Waals surface area contributed by atoms with Gasteiger partial charge >= 0.3 is 0 Å². The summed E-state index contributed by atoms with van der Waals surface area (Å²) >= 11 is 0. The Morgan fingerprint density at radius 3 is 2.78 bits per heavy atom. The van der Waals surface area contributed by atoms with E-state index in [1.54, 1.807) is 0 Å². The van der Waals surface area contributed by atoms with E-state index < -0.39 is 0 Å². The summed E-state index contributed by atoms with van der Waals surface area (Å²) in [6.45, 7) is 2.16. The fourth-order valence-corrected chi connectivity index (χ4v) is 2.17. The SMILES string of the molecule is CCc1cccnc1C(Cc1nccn1C)NC. The van der Waals surface area contributed by atoms with Gasteiger partial charge in [0.25, 0.3) is 0 Å². The van der Waals surface area contributed by atoms with Crippen LogP contribution in [0.1, 0.15) is 30.0 Å². The van der Waals surface area contributed by atoms with Crippen LogP contribution in [-0.4, -0.2) is 21.6 Å². The number of aromatic nitrogens is 3. The first-order valence-electron chi connectivity index (χ1n) is 6.33. The molecule has 2 rings (SSSR count). The van der Waals surface area contributed by atoms with E-state index >= 15 is 0 Å². The second-order valence-corrected chi connectivity index (χ2v) is 4.40. The Kier molecular flexibility index (Phi) is 4.10. The van der Waals surface area contributed by atoms with Gasteiger partial charge in [0.15, 0.2) is 0 Å². The minimum atomic E-state index is 0.210. The number of pyridine rings is 1. The summed E-state index contributed by atoms with van der Waals surface area (Å²) in [7, 11) is 4.00. The summed E-state index contributed by atoms with van der Waals surface area (Å²) in [6.07, 6.45) is 7.52. The molecular weight excluding hydrogens is 224 g/mol. The van der Waals surface area contributed by atoms with Crippen LogP contribution >= 0.6 is 0 Å². The van der Waals surface area contributed by atoms with Crippen LogP contribution in [0.5, 0.6) is 0 Å². The van der Waals surface area contributed by atoms with Gasteiger partial charge in [0.2, 0.25) is 0 Å². The van der Waals surface area contributed by atoms with E-state index in [9.17, 15) is 0 Å². The molecule has 0 amide bonds. The quantitative estimate of drug-likeness (QED) is 0.873. The molecule has 2 aromatic rings. The van der Waals surface area contributed by atoms with Crippen molar-refractivity contribution in [1.29, 1.82) is 0 Å². The average molecular weight is 244 g/mol. The third-order valence-corrected chi connectivity index (χ3v) is 3.29.